The molecule has 0 radical (unpaired) electrons. The molecule has 1 aliphatic heterocycles. The van der Waals surface area contributed by atoms with Crippen LogP contribution in [0.4, 0.5) is 13.2 Å². The van der Waals surface area contributed by atoms with E-state index in [2.05, 4.69) is 28.4 Å². The number of halogens is 3. The molecule has 1 saturated heterocycles. The van der Waals surface area contributed by atoms with E-state index in [9.17, 15) is 18.0 Å². The summed E-state index contributed by atoms with van der Waals surface area (Å²) in [5.74, 6) is -2.46. The van der Waals surface area contributed by atoms with E-state index in [1.807, 2.05) is 0 Å². The van der Waals surface area contributed by atoms with Gasteiger partial charge in [0.2, 0.25) is 0 Å². The second-order valence-electron chi connectivity index (χ2n) is 5.87. The highest BCUT2D eigenvalue weighted by Gasteiger charge is 2.38. The molecule has 0 amide bonds. The lowest BCUT2D eigenvalue weighted by molar-refractivity contribution is -0.192. The van der Waals surface area contributed by atoms with Crippen molar-refractivity contribution in [2.75, 3.05) is 6.54 Å². The van der Waals surface area contributed by atoms with Crippen molar-refractivity contribution in [2.45, 2.75) is 37.9 Å². The molecule has 2 aromatic heterocycles. The molecule has 1 fully saturated rings. The van der Waals surface area contributed by atoms with Crippen molar-refractivity contribution in [1.82, 2.24) is 19.9 Å². The third-order valence-corrected chi connectivity index (χ3v) is 3.94. The van der Waals surface area contributed by atoms with E-state index in [0.29, 0.717) is 23.2 Å². The molecule has 26 heavy (non-hydrogen) atoms. The normalized spacial score (nSPS) is 20.1. The number of rotatable bonds is 1. The van der Waals surface area contributed by atoms with Crippen LogP contribution in [-0.2, 0) is 4.79 Å². The van der Waals surface area contributed by atoms with Crippen molar-refractivity contribution in [3.63, 3.8) is 0 Å². The molecule has 0 bridgehead atoms. The van der Waals surface area contributed by atoms with Crippen molar-refractivity contribution in [3.8, 4) is 6.07 Å². The predicted molar refractivity (Wildman–Crippen MR) is 83.7 cm³/mol. The molecule has 2 unspecified atom stereocenters. The summed E-state index contributed by atoms with van der Waals surface area (Å²) in [4.78, 5) is 23.4. The molecule has 3 rings (SSSR count). The van der Waals surface area contributed by atoms with Gasteiger partial charge < -0.3 is 15.4 Å². The molecule has 1 aliphatic rings. The highest BCUT2D eigenvalue weighted by molar-refractivity contribution is 5.73. The maximum atomic E-state index is 11.8. The van der Waals surface area contributed by atoms with Gasteiger partial charge in [0.25, 0.3) is 5.56 Å². The summed E-state index contributed by atoms with van der Waals surface area (Å²) in [7, 11) is 0. The molecular formula is C15H16F3N5O3. The fourth-order valence-electron chi connectivity index (χ4n) is 2.79. The molecule has 3 N–H and O–H groups in total. The largest absolute Gasteiger partial charge is 0.490 e. The maximum Gasteiger partial charge on any atom is 0.490 e. The summed E-state index contributed by atoms with van der Waals surface area (Å²) in [6.07, 6.45) is -1.63. The maximum absolute atomic E-state index is 11.8. The molecule has 2 atom stereocenters. The van der Waals surface area contributed by atoms with E-state index >= 15 is 0 Å². The van der Waals surface area contributed by atoms with Crippen LogP contribution >= 0.6 is 0 Å². The van der Waals surface area contributed by atoms with Gasteiger partial charge in [-0.25, -0.2) is 9.31 Å². The van der Waals surface area contributed by atoms with E-state index in [1.54, 1.807) is 10.6 Å². The molecular weight excluding hydrogens is 355 g/mol. The average Bonchev–Trinajstić information content (AvgIpc) is 2.96. The van der Waals surface area contributed by atoms with E-state index in [-0.39, 0.29) is 5.56 Å². The van der Waals surface area contributed by atoms with Crippen LogP contribution in [0, 0.1) is 11.3 Å². The van der Waals surface area contributed by atoms with Gasteiger partial charge in [-0.1, -0.05) is 0 Å². The van der Waals surface area contributed by atoms with Gasteiger partial charge in [-0.15, -0.1) is 0 Å². The Kier molecular flexibility index (Phi) is 5.66. The number of alkyl halides is 3. The fraction of sp³-hybridized carbons (Fsp3) is 0.467. The monoisotopic (exact) mass is 371 g/mol. The minimum atomic E-state index is -5.08. The van der Waals surface area contributed by atoms with Gasteiger partial charge in [0.05, 0.1) is 11.9 Å². The lowest BCUT2D eigenvalue weighted by atomic mass is 9.90. The van der Waals surface area contributed by atoms with Gasteiger partial charge in [-0.3, -0.25) is 4.79 Å². The number of nitriles is 1. The first kappa shape index (κ1) is 19.5. The van der Waals surface area contributed by atoms with Crippen molar-refractivity contribution in [2.24, 2.45) is 0 Å². The molecule has 140 valence electrons. The Morgan fingerprint density at radius 1 is 1.50 bits per heavy atom. The quantitative estimate of drug-likeness (QED) is 0.696. The Balaban J connectivity index is 0.000000298. The zero-order chi connectivity index (χ0) is 19.5. The van der Waals surface area contributed by atoms with Gasteiger partial charge in [0, 0.05) is 18.0 Å². The van der Waals surface area contributed by atoms with Crippen LogP contribution in [0.1, 0.15) is 36.9 Å². The number of H-pyrrole nitrogens is 1. The third-order valence-electron chi connectivity index (χ3n) is 3.94. The first-order valence-corrected chi connectivity index (χ1v) is 7.68. The van der Waals surface area contributed by atoms with Gasteiger partial charge >= 0.3 is 12.1 Å². The second-order valence-corrected chi connectivity index (χ2v) is 5.87. The third kappa shape index (κ3) is 4.40. The zero-order valence-corrected chi connectivity index (χ0v) is 13.7. The summed E-state index contributed by atoms with van der Waals surface area (Å²) in [6, 6.07) is 4.08. The number of hydrogen-bond donors (Lipinski definition) is 3. The summed E-state index contributed by atoms with van der Waals surface area (Å²) in [6.45, 7) is 3.08. The molecule has 0 aromatic carbocycles. The van der Waals surface area contributed by atoms with Crippen molar-refractivity contribution < 1.29 is 23.1 Å². The van der Waals surface area contributed by atoms with Crippen LogP contribution < -0.4 is 10.9 Å². The van der Waals surface area contributed by atoms with E-state index in [0.717, 1.165) is 25.1 Å². The number of piperidine rings is 1. The van der Waals surface area contributed by atoms with E-state index in [1.165, 1.54) is 6.20 Å². The summed E-state index contributed by atoms with van der Waals surface area (Å²) in [5.41, 5.74) is 1.62. The molecule has 0 aliphatic carbocycles. The molecule has 3 heterocycles. The standard InChI is InChI=1S/C13H15N5O.C2HF3O2/c1-8-4-9(2-3-15-8)11-5-12(19)17-13-10(6-14)7-16-18(11)13;3-2(4,5)1(6)7/h5,7-9,15H,2-4H2,1H3,(H,17,19);(H,6,7). The van der Waals surface area contributed by atoms with Gasteiger partial charge in [-0.05, 0) is 26.3 Å². The number of carboxylic acid groups (broad SMARTS) is 1. The number of aromatic amines is 1. The summed E-state index contributed by atoms with van der Waals surface area (Å²) < 4.78 is 33.4. The van der Waals surface area contributed by atoms with Crippen LogP contribution in [0.5, 0.6) is 0 Å². The predicted octanol–water partition coefficient (Wildman–Crippen LogP) is 1.38. The molecule has 0 saturated carbocycles. The highest BCUT2D eigenvalue weighted by atomic mass is 19.4. The van der Waals surface area contributed by atoms with Crippen molar-refractivity contribution >= 4 is 11.6 Å². The molecule has 0 spiro atoms. The Hall–Kier alpha value is -2.87. The topological polar surface area (TPSA) is 123 Å². The van der Waals surface area contributed by atoms with Crippen molar-refractivity contribution in [3.05, 3.63) is 33.9 Å². The van der Waals surface area contributed by atoms with Gasteiger partial charge in [0.15, 0.2) is 5.65 Å². The van der Waals surface area contributed by atoms with E-state index < -0.39 is 12.1 Å². The number of carboxylic acids is 1. The Morgan fingerprint density at radius 2 is 2.15 bits per heavy atom. The number of aliphatic carboxylic acids is 1. The average molecular weight is 371 g/mol. The Morgan fingerprint density at radius 3 is 2.69 bits per heavy atom. The van der Waals surface area contributed by atoms with Crippen LogP contribution in [0.2, 0.25) is 0 Å². The van der Waals surface area contributed by atoms with Gasteiger partial charge in [-0.2, -0.15) is 23.5 Å². The lowest BCUT2D eigenvalue weighted by Crippen LogP contribution is -2.35. The van der Waals surface area contributed by atoms with Crippen LogP contribution in [0.25, 0.3) is 5.65 Å². The highest BCUT2D eigenvalue weighted by Crippen LogP contribution is 2.27. The number of aromatic nitrogens is 3. The molecule has 11 heteroatoms. The van der Waals surface area contributed by atoms with Crippen molar-refractivity contribution in [1.29, 1.82) is 5.26 Å². The van der Waals surface area contributed by atoms with Crippen LogP contribution in [0.15, 0.2) is 17.1 Å². The minimum Gasteiger partial charge on any atom is -0.475 e. The number of carbonyl (C=O) groups is 1. The lowest BCUT2D eigenvalue weighted by Gasteiger charge is -2.28. The second kappa shape index (κ2) is 7.57. The number of nitrogens with one attached hydrogen (secondary N) is 2. The minimum absolute atomic E-state index is 0.175. The smallest absolute Gasteiger partial charge is 0.475 e. The fourth-order valence-corrected chi connectivity index (χ4v) is 2.79. The summed E-state index contributed by atoms with van der Waals surface area (Å²) in [5, 5.41) is 23.8. The zero-order valence-electron chi connectivity index (χ0n) is 13.7. The number of hydrogen-bond acceptors (Lipinski definition) is 5. The Labute approximate surface area is 145 Å². The number of fused-ring (bicyclic) bond motifs is 1. The summed E-state index contributed by atoms with van der Waals surface area (Å²) >= 11 is 0. The first-order chi connectivity index (χ1) is 12.1. The molecule has 8 nitrogen and oxygen atoms in total. The van der Waals surface area contributed by atoms with Crippen LogP contribution in [-0.4, -0.2) is 44.4 Å². The first-order valence-electron chi connectivity index (χ1n) is 7.68. The van der Waals surface area contributed by atoms with Gasteiger partial charge in [0.1, 0.15) is 11.6 Å². The molecule has 2 aromatic rings. The Bertz CT molecular complexity index is 897. The van der Waals surface area contributed by atoms with E-state index in [4.69, 9.17) is 15.2 Å². The van der Waals surface area contributed by atoms with Crippen LogP contribution in [0.3, 0.4) is 0 Å². The SMILES string of the molecule is CC1CC(c2cc(=O)[nH]c3c(C#N)cnn23)CCN1.O=C(O)C(F)(F)F. The number of nitrogens with zero attached hydrogens (tertiary/aromatic N) is 3.